The summed E-state index contributed by atoms with van der Waals surface area (Å²) in [6.07, 6.45) is 3.20. The number of hydrogen-bond acceptors (Lipinski definition) is 6. The summed E-state index contributed by atoms with van der Waals surface area (Å²) in [4.78, 5) is 12.7. The zero-order valence-electron chi connectivity index (χ0n) is 21.2. The fourth-order valence-corrected chi connectivity index (χ4v) is 3.06. The SMILES string of the molecule is CC(C)(C)NC(Cc1ccc(OCCc2cn(C(C)(C)C)nn2)cc1)C(=O)OC(C)(C)C. The fourth-order valence-electron chi connectivity index (χ4n) is 3.06. The normalized spacial score (nSPS) is 13.7. The Morgan fingerprint density at radius 3 is 2.16 bits per heavy atom. The van der Waals surface area contributed by atoms with Gasteiger partial charge in [0.2, 0.25) is 0 Å². The van der Waals surface area contributed by atoms with Gasteiger partial charge in [-0.1, -0.05) is 17.3 Å². The quantitative estimate of drug-likeness (QED) is 0.612. The Morgan fingerprint density at radius 1 is 1.03 bits per heavy atom. The summed E-state index contributed by atoms with van der Waals surface area (Å²) in [6.45, 7) is 18.6. The van der Waals surface area contributed by atoms with Crippen LogP contribution in [0.5, 0.6) is 5.75 Å². The number of hydrogen-bond donors (Lipinski definition) is 1. The summed E-state index contributed by atoms with van der Waals surface area (Å²) in [5.74, 6) is 0.547. The van der Waals surface area contributed by atoms with Crippen molar-refractivity contribution in [1.29, 1.82) is 0 Å². The average molecular weight is 445 g/mol. The molecule has 0 aliphatic rings. The highest BCUT2D eigenvalue weighted by molar-refractivity contribution is 5.76. The van der Waals surface area contributed by atoms with E-state index in [4.69, 9.17) is 9.47 Å². The summed E-state index contributed by atoms with van der Waals surface area (Å²) in [5.41, 5.74) is 1.13. The maximum absolute atomic E-state index is 12.7. The molecule has 7 heteroatoms. The monoisotopic (exact) mass is 444 g/mol. The third-order valence-corrected chi connectivity index (χ3v) is 4.52. The highest BCUT2D eigenvalue weighted by atomic mass is 16.6. The zero-order valence-corrected chi connectivity index (χ0v) is 21.2. The van der Waals surface area contributed by atoms with Gasteiger partial charge in [-0.3, -0.25) is 10.1 Å². The van der Waals surface area contributed by atoms with Crippen LogP contribution in [0.1, 0.15) is 73.6 Å². The van der Waals surface area contributed by atoms with E-state index in [1.807, 2.05) is 76.7 Å². The van der Waals surface area contributed by atoms with Gasteiger partial charge < -0.3 is 9.47 Å². The molecule has 0 amide bonds. The number of rotatable bonds is 8. The van der Waals surface area contributed by atoms with E-state index in [0.717, 1.165) is 17.0 Å². The lowest BCUT2D eigenvalue weighted by Crippen LogP contribution is -2.50. The predicted octanol–water partition coefficient (Wildman–Crippen LogP) is 4.30. The van der Waals surface area contributed by atoms with Gasteiger partial charge in [-0.2, -0.15) is 0 Å². The van der Waals surface area contributed by atoms with Gasteiger partial charge in [0.05, 0.1) is 17.8 Å². The molecule has 2 rings (SSSR count). The number of carbonyl (C=O) groups excluding carboxylic acids is 1. The Kier molecular flexibility index (Phi) is 8.10. The van der Waals surface area contributed by atoms with Crippen molar-refractivity contribution < 1.29 is 14.3 Å². The molecule has 1 unspecified atom stereocenters. The van der Waals surface area contributed by atoms with Gasteiger partial charge in [-0.15, -0.1) is 5.10 Å². The van der Waals surface area contributed by atoms with Crippen LogP contribution in [0.15, 0.2) is 30.5 Å². The molecule has 1 atom stereocenters. The highest BCUT2D eigenvalue weighted by Crippen LogP contribution is 2.18. The van der Waals surface area contributed by atoms with Gasteiger partial charge >= 0.3 is 5.97 Å². The van der Waals surface area contributed by atoms with Crippen LogP contribution in [0, 0.1) is 0 Å². The first-order chi connectivity index (χ1) is 14.6. The smallest absolute Gasteiger partial charge is 0.324 e. The van der Waals surface area contributed by atoms with Gasteiger partial charge in [-0.05, 0) is 86.4 Å². The molecule has 0 aliphatic heterocycles. The Morgan fingerprint density at radius 2 is 1.66 bits per heavy atom. The molecular formula is C25H40N4O3. The third-order valence-electron chi connectivity index (χ3n) is 4.52. The summed E-state index contributed by atoms with van der Waals surface area (Å²) in [5, 5.41) is 11.8. The van der Waals surface area contributed by atoms with Gasteiger partial charge in [0, 0.05) is 18.2 Å². The fraction of sp³-hybridized carbons (Fsp3) is 0.640. The molecule has 1 N–H and O–H groups in total. The van der Waals surface area contributed by atoms with Crippen LogP contribution in [-0.4, -0.2) is 44.8 Å². The lowest BCUT2D eigenvalue weighted by Gasteiger charge is -2.30. The summed E-state index contributed by atoms with van der Waals surface area (Å²) in [7, 11) is 0. The van der Waals surface area contributed by atoms with Gasteiger partial charge in [0.15, 0.2) is 0 Å². The lowest BCUT2D eigenvalue weighted by molar-refractivity contribution is -0.158. The van der Waals surface area contributed by atoms with E-state index in [1.54, 1.807) is 0 Å². The number of nitrogens with one attached hydrogen (secondary N) is 1. The molecule has 0 fully saturated rings. The minimum absolute atomic E-state index is 0.0824. The van der Waals surface area contributed by atoms with E-state index in [1.165, 1.54) is 0 Å². The average Bonchev–Trinajstić information content (AvgIpc) is 3.09. The molecule has 1 aromatic carbocycles. The van der Waals surface area contributed by atoms with Crippen molar-refractivity contribution in [1.82, 2.24) is 20.3 Å². The van der Waals surface area contributed by atoms with E-state index in [-0.39, 0.29) is 17.0 Å². The molecule has 0 saturated carbocycles. The van der Waals surface area contributed by atoms with E-state index in [0.29, 0.717) is 19.4 Å². The van der Waals surface area contributed by atoms with Gasteiger partial charge in [0.1, 0.15) is 17.4 Å². The topological polar surface area (TPSA) is 78.3 Å². The molecule has 0 radical (unpaired) electrons. The number of nitrogens with zero attached hydrogens (tertiary/aromatic N) is 3. The Bertz CT molecular complexity index is 868. The first-order valence-electron chi connectivity index (χ1n) is 11.3. The minimum Gasteiger partial charge on any atom is -0.493 e. The molecule has 0 saturated heterocycles. The number of esters is 1. The Balaban J connectivity index is 1.94. The van der Waals surface area contributed by atoms with Crippen LogP contribution < -0.4 is 10.1 Å². The van der Waals surface area contributed by atoms with Crippen LogP contribution in [0.4, 0.5) is 0 Å². The number of aromatic nitrogens is 3. The second kappa shape index (κ2) is 10.0. The molecule has 0 aliphatic carbocycles. The van der Waals surface area contributed by atoms with E-state index in [9.17, 15) is 4.79 Å². The summed E-state index contributed by atoms with van der Waals surface area (Å²) >= 11 is 0. The molecule has 2 aromatic rings. The van der Waals surface area contributed by atoms with Crippen molar-refractivity contribution in [3.05, 3.63) is 41.7 Å². The zero-order chi connectivity index (χ0) is 24.2. The molecule has 0 spiro atoms. The van der Waals surface area contributed by atoms with Crippen molar-refractivity contribution in [2.45, 2.75) is 97.9 Å². The number of ether oxygens (including phenoxy) is 2. The molecular weight excluding hydrogens is 404 g/mol. The van der Waals surface area contributed by atoms with Crippen molar-refractivity contribution in [2.24, 2.45) is 0 Å². The molecule has 0 bridgehead atoms. The number of benzene rings is 1. The molecule has 1 aromatic heterocycles. The summed E-state index contributed by atoms with van der Waals surface area (Å²) in [6, 6.07) is 7.43. The molecule has 32 heavy (non-hydrogen) atoms. The lowest BCUT2D eigenvalue weighted by atomic mass is 10.0. The van der Waals surface area contributed by atoms with E-state index in [2.05, 4.69) is 36.4 Å². The number of carbonyl (C=O) groups is 1. The largest absolute Gasteiger partial charge is 0.493 e. The minimum atomic E-state index is -0.523. The first kappa shape index (κ1) is 25.8. The molecule has 178 valence electrons. The molecule has 7 nitrogen and oxygen atoms in total. The second-order valence-corrected chi connectivity index (χ2v) is 11.3. The van der Waals surface area contributed by atoms with Crippen LogP contribution >= 0.6 is 0 Å². The van der Waals surface area contributed by atoms with Crippen LogP contribution in [0.2, 0.25) is 0 Å². The van der Waals surface area contributed by atoms with E-state index >= 15 is 0 Å². The van der Waals surface area contributed by atoms with Gasteiger partial charge in [0.25, 0.3) is 0 Å². The first-order valence-corrected chi connectivity index (χ1v) is 11.3. The Labute approximate surface area is 192 Å². The van der Waals surface area contributed by atoms with Crippen molar-refractivity contribution in [3.63, 3.8) is 0 Å². The maximum atomic E-state index is 12.7. The van der Waals surface area contributed by atoms with Crippen molar-refractivity contribution in [3.8, 4) is 5.75 Å². The van der Waals surface area contributed by atoms with Crippen LogP contribution in [0.3, 0.4) is 0 Å². The molecule has 1 heterocycles. The van der Waals surface area contributed by atoms with Crippen LogP contribution in [0.25, 0.3) is 0 Å². The summed E-state index contributed by atoms with van der Waals surface area (Å²) < 4.78 is 13.4. The van der Waals surface area contributed by atoms with E-state index < -0.39 is 11.6 Å². The predicted molar refractivity (Wildman–Crippen MR) is 127 cm³/mol. The Hall–Kier alpha value is -2.41. The van der Waals surface area contributed by atoms with Crippen LogP contribution in [-0.2, 0) is 27.9 Å². The standard InChI is InChI=1S/C25H40N4O3/c1-23(2,3)26-21(22(30)32-25(7,8)9)16-18-10-12-20(13-11-18)31-15-14-19-17-29(28-27-19)24(4,5)6/h10-13,17,21,26H,14-16H2,1-9H3. The van der Waals surface area contributed by atoms with Crippen molar-refractivity contribution >= 4 is 5.97 Å². The third kappa shape index (κ3) is 8.99. The van der Waals surface area contributed by atoms with Crippen molar-refractivity contribution in [2.75, 3.05) is 6.61 Å². The second-order valence-electron chi connectivity index (χ2n) is 11.3. The maximum Gasteiger partial charge on any atom is 0.324 e. The highest BCUT2D eigenvalue weighted by Gasteiger charge is 2.28. The van der Waals surface area contributed by atoms with Gasteiger partial charge in [-0.25, -0.2) is 4.68 Å².